The topological polar surface area (TPSA) is 134 Å². The molecule has 0 aliphatic heterocycles. The van der Waals surface area contributed by atoms with Crippen LogP contribution >= 0.6 is 0 Å². The highest BCUT2D eigenvalue weighted by atomic mass is 16.5. The van der Waals surface area contributed by atoms with E-state index in [0.29, 0.717) is 34.5 Å². The smallest absolute Gasteiger partial charge is 0.163 e. The summed E-state index contributed by atoms with van der Waals surface area (Å²) in [7, 11) is 2.87. The average molecular weight is 679 g/mol. The van der Waals surface area contributed by atoms with Crippen LogP contribution in [0.1, 0.15) is 91.2 Å². The minimum absolute atomic E-state index is 0.00662. The van der Waals surface area contributed by atoms with E-state index in [0.717, 1.165) is 25.2 Å². The van der Waals surface area contributed by atoms with Crippen molar-refractivity contribution in [2.75, 3.05) is 14.2 Å². The second-order valence-corrected chi connectivity index (χ2v) is 13.4. The third kappa shape index (κ3) is 17.2. The van der Waals surface area contributed by atoms with Crippen molar-refractivity contribution in [1.29, 1.82) is 0 Å². The molecule has 2 aromatic carbocycles. The number of methoxy groups -OCH3 is 2. The second kappa shape index (κ2) is 21.8. The Morgan fingerprint density at radius 1 is 0.939 bits per heavy atom. The van der Waals surface area contributed by atoms with Crippen LogP contribution in [0.15, 0.2) is 72.9 Å². The number of rotatable bonds is 13. The fourth-order valence-corrected chi connectivity index (χ4v) is 5.17. The lowest BCUT2D eigenvalue weighted by atomic mass is 9.75. The van der Waals surface area contributed by atoms with E-state index in [1.165, 1.54) is 56.9 Å². The molecule has 2 aromatic rings. The number of ether oxygens (including phenoxy) is 2. The number of aliphatic hydroxyl groups excluding tert-OH is 1. The molecule has 4 atom stereocenters. The van der Waals surface area contributed by atoms with Crippen molar-refractivity contribution in [3.63, 3.8) is 0 Å². The first-order valence-electron chi connectivity index (χ1n) is 16.8. The van der Waals surface area contributed by atoms with Gasteiger partial charge in [-0.25, -0.2) is 0 Å². The Hall–Kier alpha value is -4.14. The molecule has 1 aliphatic rings. The third-order valence-electron chi connectivity index (χ3n) is 8.31. The number of phenols is 2. The predicted molar refractivity (Wildman–Crippen MR) is 199 cm³/mol. The molecule has 8 heteroatoms. The molecule has 49 heavy (non-hydrogen) atoms. The molecule has 0 heterocycles. The predicted octanol–water partition coefficient (Wildman–Crippen LogP) is 8.48. The van der Waals surface area contributed by atoms with Gasteiger partial charge in [0.15, 0.2) is 34.6 Å². The lowest BCUT2D eigenvalue weighted by molar-refractivity contribution is -0.121. The molecule has 8 nitrogen and oxygen atoms in total. The maximum absolute atomic E-state index is 11.9. The van der Waals surface area contributed by atoms with Crippen LogP contribution in [-0.2, 0) is 9.59 Å². The molecule has 1 aliphatic carbocycles. The zero-order chi connectivity index (χ0) is 37.1. The van der Waals surface area contributed by atoms with E-state index in [1.54, 1.807) is 49.4 Å². The molecule has 4 unspecified atom stereocenters. The highest BCUT2D eigenvalue weighted by Gasteiger charge is 2.28. The Labute approximate surface area is 293 Å². The number of carbonyl (C=O) groups excluding carboxylic acids is 2. The van der Waals surface area contributed by atoms with Gasteiger partial charge in [-0.05, 0) is 112 Å². The third-order valence-corrected chi connectivity index (χ3v) is 8.31. The maximum atomic E-state index is 11.9. The molecule has 0 bridgehead atoms. The van der Waals surface area contributed by atoms with Crippen molar-refractivity contribution in [2.45, 2.75) is 91.8 Å². The Morgan fingerprint density at radius 3 is 1.82 bits per heavy atom. The SMILES string of the molecule is C=CC(C)(O)CCC=C(C)C.CC1CCC(C(C)C)C(O)C1.COc1cc(/C=C/C(=O)CC(=O)/C=C/c2ccc(O)c(OC)c2)ccc1O. The molecular formula is C41H58O8. The average Bonchev–Trinajstić information content (AvgIpc) is 3.04. The van der Waals surface area contributed by atoms with Gasteiger partial charge >= 0.3 is 0 Å². The Bertz CT molecular complexity index is 1360. The molecule has 0 saturated heterocycles. The van der Waals surface area contributed by atoms with Gasteiger partial charge in [-0.1, -0.05) is 69.2 Å². The van der Waals surface area contributed by atoms with E-state index < -0.39 is 5.60 Å². The number of benzene rings is 2. The minimum Gasteiger partial charge on any atom is -0.504 e. The summed E-state index contributed by atoms with van der Waals surface area (Å²) in [5, 5.41) is 38.3. The van der Waals surface area contributed by atoms with E-state index >= 15 is 0 Å². The molecule has 270 valence electrons. The van der Waals surface area contributed by atoms with E-state index in [-0.39, 0.29) is 35.6 Å². The van der Waals surface area contributed by atoms with Crippen LogP contribution in [0, 0.1) is 17.8 Å². The summed E-state index contributed by atoms with van der Waals surface area (Å²) in [6, 6.07) is 9.34. The molecule has 1 fully saturated rings. The van der Waals surface area contributed by atoms with Crippen molar-refractivity contribution in [2.24, 2.45) is 17.8 Å². The van der Waals surface area contributed by atoms with Crippen molar-refractivity contribution in [3.05, 3.63) is 84.0 Å². The van der Waals surface area contributed by atoms with Crippen LogP contribution in [0.25, 0.3) is 12.2 Å². The lowest BCUT2D eigenvalue weighted by Gasteiger charge is -2.33. The molecule has 3 rings (SSSR count). The standard InChI is InChI=1S/C21H20O6.C10H20O.C10H18O/c1-26-20-11-14(5-9-18(20)24)3-7-16(22)13-17(23)8-4-15-6-10-19(25)21(12-15)27-2;1-7(2)9-5-4-8(3)6-10(9)11;1-5-10(4,11)8-6-7-9(2)3/h3-12,24-25H,13H2,1-2H3;7-11H,4-6H2,1-3H3;5,7,11H,1,6,8H2,2-4H3/b7-3+,8-4+;;. The van der Waals surface area contributed by atoms with Gasteiger partial charge in [0.2, 0.25) is 0 Å². The van der Waals surface area contributed by atoms with Gasteiger partial charge in [0.25, 0.3) is 0 Å². The first-order valence-corrected chi connectivity index (χ1v) is 16.8. The Balaban J connectivity index is 0.000000447. The summed E-state index contributed by atoms with van der Waals surface area (Å²) >= 11 is 0. The number of carbonyl (C=O) groups is 2. The largest absolute Gasteiger partial charge is 0.504 e. The van der Waals surface area contributed by atoms with Crippen molar-refractivity contribution >= 4 is 23.7 Å². The van der Waals surface area contributed by atoms with E-state index in [2.05, 4.69) is 47.3 Å². The van der Waals surface area contributed by atoms with Crippen LogP contribution in [-0.4, -0.2) is 57.9 Å². The van der Waals surface area contributed by atoms with Crippen LogP contribution in [0.2, 0.25) is 0 Å². The lowest BCUT2D eigenvalue weighted by Crippen LogP contribution is -2.31. The van der Waals surface area contributed by atoms with Crippen LogP contribution in [0.3, 0.4) is 0 Å². The van der Waals surface area contributed by atoms with Gasteiger partial charge in [-0.2, -0.15) is 0 Å². The van der Waals surface area contributed by atoms with Crippen molar-refractivity contribution < 1.29 is 39.5 Å². The monoisotopic (exact) mass is 678 g/mol. The first kappa shape index (κ1) is 42.9. The first-order chi connectivity index (χ1) is 23.0. The van der Waals surface area contributed by atoms with Crippen LogP contribution in [0.4, 0.5) is 0 Å². The molecule has 0 aromatic heterocycles. The molecule has 1 saturated carbocycles. The second-order valence-electron chi connectivity index (χ2n) is 13.4. The zero-order valence-electron chi connectivity index (χ0n) is 30.6. The number of aliphatic hydroxyl groups is 2. The molecule has 0 radical (unpaired) electrons. The highest BCUT2D eigenvalue weighted by Crippen LogP contribution is 2.33. The van der Waals surface area contributed by atoms with Gasteiger partial charge in [-0.15, -0.1) is 6.58 Å². The van der Waals surface area contributed by atoms with Gasteiger partial charge in [0, 0.05) is 0 Å². The molecule has 0 spiro atoms. The van der Waals surface area contributed by atoms with Crippen LogP contribution in [0.5, 0.6) is 23.0 Å². The fraction of sp³-hybridized carbons (Fsp3) is 0.463. The van der Waals surface area contributed by atoms with Crippen molar-refractivity contribution in [1.82, 2.24) is 0 Å². The number of hydrogen-bond acceptors (Lipinski definition) is 8. The Kier molecular flexibility index (Phi) is 19.0. The van der Waals surface area contributed by atoms with Gasteiger partial charge in [-0.3, -0.25) is 9.59 Å². The fourth-order valence-electron chi connectivity index (χ4n) is 5.17. The van der Waals surface area contributed by atoms with Crippen LogP contribution < -0.4 is 9.47 Å². The summed E-state index contributed by atoms with van der Waals surface area (Å²) in [5.74, 6) is 1.86. The minimum atomic E-state index is -0.702. The number of allylic oxidation sites excluding steroid dienone is 4. The zero-order valence-corrected chi connectivity index (χ0v) is 30.6. The van der Waals surface area contributed by atoms with E-state index in [4.69, 9.17) is 9.47 Å². The van der Waals surface area contributed by atoms with Crippen molar-refractivity contribution in [3.8, 4) is 23.0 Å². The van der Waals surface area contributed by atoms with E-state index in [1.807, 2.05) is 0 Å². The number of ketones is 2. The Morgan fingerprint density at radius 2 is 1.43 bits per heavy atom. The van der Waals surface area contributed by atoms with E-state index in [9.17, 15) is 30.0 Å². The quantitative estimate of drug-likeness (QED) is 0.0942. The number of aromatic hydroxyl groups is 2. The molecular weight excluding hydrogens is 620 g/mol. The van der Waals surface area contributed by atoms with Gasteiger partial charge < -0.3 is 29.9 Å². The summed E-state index contributed by atoms with van der Waals surface area (Å²) in [4.78, 5) is 23.9. The van der Waals surface area contributed by atoms with Gasteiger partial charge in [0.1, 0.15) is 0 Å². The normalized spacial score (nSPS) is 18.4. The summed E-state index contributed by atoms with van der Waals surface area (Å²) in [5.41, 5.74) is 1.92. The maximum Gasteiger partial charge on any atom is 0.163 e. The summed E-state index contributed by atoms with van der Waals surface area (Å²) in [6.07, 6.45) is 14.3. The van der Waals surface area contributed by atoms with Gasteiger partial charge in [0.05, 0.1) is 32.3 Å². The number of phenolic OH excluding ortho intramolecular Hbond substituents is 2. The summed E-state index contributed by atoms with van der Waals surface area (Å²) < 4.78 is 10.00. The molecule has 4 N–H and O–H groups in total. The number of hydrogen-bond donors (Lipinski definition) is 4. The highest BCUT2D eigenvalue weighted by molar-refractivity contribution is 6.10. The summed E-state index contributed by atoms with van der Waals surface area (Å²) in [6.45, 7) is 16.1. The molecule has 0 amide bonds.